The quantitative estimate of drug-likeness (QED) is 0.670. The zero-order chi connectivity index (χ0) is 12.2. The molecule has 0 amide bonds. The third-order valence-electron chi connectivity index (χ3n) is 2.26. The summed E-state index contributed by atoms with van der Waals surface area (Å²) in [6, 6.07) is 0. The van der Waals surface area contributed by atoms with Crippen LogP contribution in [0, 0.1) is 0 Å². The highest BCUT2D eigenvalue weighted by Gasteiger charge is 2.07. The van der Waals surface area contributed by atoms with Gasteiger partial charge < -0.3 is 29.4 Å². The lowest BCUT2D eigenvalue weighted by Gasteiger charge is -2.16. The molecule has 2 N–H and O–H groups in total. The van der Waals surface area contributed by atoms with Crippen molar-refractivity contribution in [1.82, 2.24) is 0 Å². The van der Waals surface area contributed by atoms with Crippen LogP contribution in [0.4, 0.5) is 0 Å². The summed E-state index contributed by atoms with van der Waals surface area (Å²) in [6.07, 6.45) is -0.0695. The van der Waals surface area contributed by atoms with Crippen molar-refractivity contribution in [2.75, 3.05) is 66.0 Å². The van der Waals surface area contributed by atoms with E-state index in [0.29, 0.717) is 66.0 Å². The molecular formula is C11H23NO5. The number of rotatable bonds is 1. The Morgan fingerprint density at radius 2 is 1.18 bits per heavy atom. The first kappa shape index (κ1) is 14.8. The van der Waals surface area contributed by atoms with Crippen molar-refractivity contribution in [2.45, 2.75) is 6.10 Å². The predicted octanol–water partition coefficient (Wildman–Crippen LogP) is -0.590. The Kier molecular flexibility index (Phi) is 9.49. The summed E-state index contributed by atoms with van der Waals surface area (Å²) < 4.78 is 26.9. The van der Waals surface area contributed by atoms with Crippen LogP contribution in [0.5, 0.6) is 0 Å². The fourth-order valence-electron chi connectivity index (χ4n) is 1.33. The Balaban J connectivity index is 2.16. The van der Waals surface area contributed by atoms with E-state index < -0.39 is 0 Å². The second-order valence-corrected chi connectivity index (χ2v) is 3.64. The van der Waals surface area contributed by atoms with Gasteiger partial charge in [-0.15, -0.1) is 0 Å². The minimum atomic E-state index is -0.0695. The summed E-state index contributed by atoms with van der Waals surface area (Å²) in [4.78, 5) is 0. The zero-order valence-electron chi connectivity index (χ0n) is 10.3. The Hall–Kier alpha value is -0.240. The maximum atomic E-state index is 5.57. The van der Waals surface area contributed by atoms with Crippen LogP contribution in [0.1, 0.15) is 0 Å². The fourth-order valence-corrected chi connectivity index (χ4v) is 1.33. The van der Waals surface area contributed by atoms with Crippen molar-refractivity contribution in [3.63, 3.8) is 0 Å². The monoisotopic (exact) mass is 249 g/mol. The molecule has 17 heavy (non-hydrogen) atoms. The van der Waals surface area contributed by atoms with Crippen LogP contribution >= 0.6 is 0 Å². The van der Waals surface area contributed by atoms with E-state index in [1.54, 1.807) is 0 Å². The summed E-state index contributed by atoms with van der Waals surface area (Å²) in [5, 5.41) is 0. The molecule has 1 saturated heterocycles. The molecule has 1 rings (SSSR count). The summed E-state index contributed by atoms with van der Waals surface area (Å²) in [5.74, 6) is 0. The van der Waals surface area contributed by atoms with E-state index in [4.69, 9.17) is 29.4 Å². The van der Waals surface area contributed by atoms with Crippen LogP contribution in [-0.2, 0) is 23.7 Å². The van der Waals surface area contributed by atoms with E-state index in [0.717, 1.165) is 0 Å². The summed E-state index contributed by atoms with van der Waals surface area (Å²) in [6.45, 7) is 5.48. The number of hydrogen-bond donors (Lipinski definition) is 1. The molecule has 1 aliphatic heterocycles. The van der Waals surface area contributed by atoms with Crippen molar-refractivity contribution < 1.29 is 23.7 Å². The molecule has 1 aliphatic rings. The van der Waals surface area contributed by atoms with Gasteiger partial charge in [-0.3, -0.25) is 0 Å². The van der Waals surface area contributed by atoms with Crippen molar-refractivity contribution >= 4 is 0 Å². The van der Waals surface area contributed by atoms with Gasteiger partial charge in [-0.2, -0.15) is 0 Å². The lowest BCUT2D eigenvalue weighted by atomic mass is 10.4. The molecule has 6 nitrogen and oxygen atoms in total. The first-order chi connectivity index (χ1) is 8.43. The van der Waals surface area contributed by atoms with Gasteiger partial charge in [0.25, 0.3) is 0 Å². The molecule has 102 valence electrons. The molecule has 0 aromatic carbocycles. The van der Waals surface area contributed by atoms with Gasteiger partial charge in [-0.05, 0) is 0 Å². The van der Waals surface area contributed by atoms with Gasteiger partial charge in [-0.25, -0.2) is 0 Å². The van der Waals surface area contributed by atoms with Crippen LogP contribution in [0.2, 0.25) is 0 Å². The Morgan fingerprint density at radius 1 is 0.706 bits per heavy atom. The molecule has 0 saturated carbocycles. The van der Waals surface area contributed by atoms with Crippen molar-refractivity contribution in [3.05, 3.63) is 0 Å². The predicted molar refractivity (Wildman–Crippen MR) is 62.1 cm³/mol. The fraction of sp³-hybridized carbons (Fsp3) is 1.00. The lowest BCUT2D eigenvalue weighted by molar-refractivity contribution is -0.0415. The van der Waals surface area contributed by atoms with Crippen LogP contribution in [0.25, 0.3) is 0 Å². The molecule has 1 heterocycles. The summed E-state index contributed by atoms with van der Waals surface area (Å²) >= 11 is 0. The van der Waals surface area contributed by atoms with Gasteiger partial charge >= 0.3 is 0 Å². The maximum absolute atomic E-state index is 5.57. The van der Waals surface area contributed by atoms with Gasteiger partial charge in [-0.1, -0.05) is 0 Å². The van der Waals surface area contributed by atoms with E-state index >= 15 is 0 Å². The second-order valence-electron chi connectivity index (χ2n) is 3.64. The van der Waals surface area contributed by atoms with Crippen molar-refractivity contribution in [3.8, 4) is 0 Å². The van der Waals surface area contributed by atoms with Crippen molar-refractivity contribution in [1.29, 1.82) is 0 Å². The highest BCUT2D eigenvalue weighted by Crippen LogP contribution is 1.93. The highest BCUT2D eigenvalue weighted by molar-refractivity contribution is 4.57. The zero-order valence-corrected chi connectivity index (χ0v) is 10.3. The highest BCUT2D eigenvalue weighted by atomic mass is 16.6. The molecule has 1 atom stereocenters. The van der Waals surface area contributed by atoms with Crippen molar-refractivity contribution in [2.24, 2.45) is 5.73 Å². The summed E-state index contributed by atoms with van der Waals surface area (Å²) in [7, 11) is 0. The standard InChI is InChI=1S/C11H23NO5/c12-9-11-10-16-6-5-14-2-1-13-3-4-15-7-8-17-11/h11H,1-10,12H2/t11-/m1/s1. The van der Waals surface area contributed by atoms with Crippen LogP contribution in [0.3, 0.4) is 0 Å². The third-order valence-corrected chi connectivity index (χ3v) is 2.26. The lowest BCUT2D eigenvalue weighted by Crippen LogP contribution is -2.30. The number of ether oxygens (including phenoxy) is 5. The van der Waals surface area contributed by atoms with Gasteiger partial charge in [0, 0.05) is 6.54 Å². The smallest absolute Gasteiger partial charge is 0.0931 e. The minimum absolute atomic E-state index is 0.0695. The van der Waals surface area contributed by atoms with E-state index in [1.165, 1.54) is 0 Å². The molecule has 0 bridgehead atoms. The number of hydrogen-bond acceptors (Lipinski definition) is 6. The molecule has 0 aliphatic carbocycles. The van der Waals surface area contributed by atoms with Crippen LogP contribution < -0.4 is 5.73 Å². The van der Waals surface area contributed by atoms with Crippen LogP contribution in [-0.4, -0.2) is 72.1 Å². The van der Waals surface area contributed by atoms with Crippen LogP contribution in [0.15, 0.2) is 0 Å². The Morgan fingerprint density at radius 3 is 1.71 bits per heavy atom. The minimum Gasteiger partial charge on any atom is -0.377 e. The normalized spacial score (nSPS) is 27.0. The summed E-state index contributed by atoms with van der Waals surface area (Å²) in [5.41, 5.74) is 5.57. The van der Waals surface area contributed by atoms with Gasteiger partial charge in [0.2, 0.25) is 0 Å². The first-order valence-electron chi connectivity index (χ1n) is 6.06. The second kappa shape index (κ2) is 10.9. The molecule has 0 radical (unpaired) electrons. The van der Waals surface area contributed by atoms with Gasteiger partial charge in [0.1, 0.15) is 0 Å². The molecule has 0 aromatic rings. The van der Waals surface area contributed by atoms with E-state index in [9.17, 15) is 0 Å². The Bertz CT molecular complexity index is 154. The first-order valence-corrected chi connectivity index (χ1v) is 6.06. The molecule has 0 aromatic heterocycles. The van der Waals surface area contributed by atoms with E-state index in [-0.39, 0.29) is 6.10 Å². The molecule has 1 fully saturated rings. The topological polar surface area (TPSA) is 72.2 Å². The average Bonchev–Trinajstić information content (AvgIpc) is 2.36. The van der Waals surface area contributed by atoms with Gasteiger partial charge in [0.15, 0.2) is 0 Å². The van der Waals surface area contributed by atoms with Gasteiger partial charge in [0.05, 0.1) is 65.6 Å². The van der Waals surface area contributed by atoms with E-state index in [2.05, 4.69) is 0 Å². The molecule has 0 spiro atoms. The largest absolute Gasteiger partial charge is 0.377 e. The van der Waals surface area contributed by atoms with E-state index in [1.807, 2.05) is 0 Å². The Labute approximate surface area is 102 Å². The average molecular weight is 249 g/mol. The molecular weight excluding hydrogens is 226 g/mol. The molecule has 6 heteroatoms. The SMILES string of the molecule is NC[C@@H]1COCCOCCOCCOCCO1. The molecule has 0 unspecified atom stereocenters. The maximum Gasteiger partial charge on any atom is 0.0931 e. The number of nitrogens with two attached hydrogens (primary N) is 1. The third kappa shape index (κ3) is 8.48.